The van der Waals surface area contributed by atoms with Gasteiger partial charge in [-0.15, -0.1) is 11.3 Å². The van der Waals surface area contributed by atoms with E-state index in [0.717, 1.165) is 6.54 Å². The fraction of sp³-hybridized carbons (Fsp3) is 0.278. The average molecular weight is 296 g/mol. The molecule has 3 rings (SSSR count). The maximum Gasteiger partial charge on any atom is 0.0440 e. The topological polar surface area (TPSA) is 24.9 Å². The van der Waals surface area contributed by atoms with Crippen molar-refractivity contribution in [2.24, 2.45) is 5.92 Å². The molecule has 0 aliphatic carbocycles. The lowest BCUT2D eigenvalue weighted by Crippen LogP contribution is -2.24. The molecule has 2 aromatic heterocycles. The van der Waals surface area contributed by atoms with Gasteiger partial charge in [-0.3, -0.25) is 4.98 Å². The third-order valence-electron chi connectivity index (χ3n) is 3.75. The van der Waals surface area contributed by atoms with Crippen LogP contribution in [-0.4, -0.2) is 4.98 Å². The third-order valence-corrected chi connectivity index (χ3v) is 4.70. The lowest BCUT2D eigenvalue weighted by atomic mass is 10.0. The van der Waals surface area contributed by atoms with Gasteiger partial charge in [0.25, 0.3) is 0 Å². The van der Waals surface area contributed by atoms with Gasteiger partial charge in [-0.2, -0.15) is 0 Å². The van der Waals surface area contributed by atoms with Gasteiger partial charge in [0.2, 0.25) is 0 Å². The first-order chi connectivity index (χ1) is 10.2. The predicted octanol–water partition coefficient (Wildman–Crippen LogP) is 4.78. The van der Waals surface area contributed by atoms with E-state index >= 15 is 0 Å². The summed E-state index contributed by atoms with van der Waals surface area (Å²) in [5.74, 6) is 0.577. The molecule has 1 unspecified atom stereocenters. The van der Waals surface area contributed by atoms with Crippen LogP contribution in [0.1, 0.15) is 30.3 Å². The second-order valence-corrected chi connectivity index (χ2v) is 6.65. The van der Waals surface area contributed by atoms with Crippen molar-refractivity contribution < 1.29 is 0 Å². The molecule has 0 radical (unpaired) electrons. The Morgan fingerprint density at radius 3 is 2.81 bits per heavy atom. The Kier molecular flexibility index (Phi) is 4.32. The molecule has 1 N–H and O–H groups in total. The van der Waals surface area contributed by atoms with E-state index in [0.29, 0.717) is 12.0 Å². The van der Waals surface area contributed by atoms with Gasteiger partial charge < -0.3 is 5.32 Å². The number of benzene rings is 1. The summed E-state index contributed by atoms with van der Waals surface area (Å²) in [6.07, 6.45) is 3.76. The molecule has 108 valence electrons. The summed E-state index contributed by atoms with van der Waals surface area (Å²) in [7, 11) is 0. The summed E-state index contributed by atoms with van der Waals surface area (Å²) in [6.45, 7) is 5.42. The predicted molar refractivity (Wildman–Crippen MR) is 90.5 cm³/mol. The summed E-state index contributed by atoms with van der Waals surface area (Å²) in [4.78, 5) is 5.57. The second-order valence-electron chi connectivity index (χ2n) is 5.68. The Labute approximate surface area is 129 Å². The van der Waals surface area contributed by atoms with Gasteiger partial charge in [-0.25, -0.2) is 0 Å². The van der Waals surface area contributed by atoms with Crippen molar-refractivity contribution in [1.29, 1.82) is 0 Å². The minimum absolute atomic E-state index is 0.415. The van der Waals surface area contributed by atoms with E-state index in [4.69, 9.17) is 0 Å². The number of hydrogen-bond donors (Lipinski definition) is 1. The Balaban J connectivity index is 1.75. The monoisotopic (exact) mass is 296 g/mol. The van der Waals surface area contributed by atoms with Gasteiger partial charge in [0.1, 0.15) is 0 Å². The number of hydrogen-bond acceptors (Lipinski definition) is 3. The van der Waals surface area contributed by atoms with Crippen molar-refractivity contribution >= 4 is 22.1 Å². The number of pyridine rings is 1. The van der Waals surface area contributed by atoms with Crippen molar-refractivity contribution in [3.05, 3.63) is 64.6 Å². The van der Waals surface area contributed by atoms with Crippen molar-refractivity contribution in [3.63, 3.8) is 0 Å². The van der Waals surface area contributed by atoms with E-state index in [1.165, 1.54) is 21.2 Å². The number of aromatic nitrogens is 1. The molecule has 0 aliphatic rings. The first kappa shape index (κ1) is 14.2. The summed E-state index contributed by atoms with van der Waals surface area (Å²) in [5.41, 5.74) is 1.32. The van der Waals surface area contributed by atoms with Crippen LogP contribution in [-0.2, 0) is 6.54 Å². The molecule has 3 heteroatoms. The van der Waals surface area contributed by atoms with Gasteiger partial charge in [0.15, 0.2) is 0 Å². The lowest BCUT2D eigenvalue weighted by molar-refractivity contribution is 0.416. The van der Waals surface area contributed by atoms with Crippen LogP contribution in [0.2, 0.25) is 0 Å². The summed E-state index contributed by atoms with van der Waals surface area (Å²) in [5, 5.41) is 8.29. The summed E-state index contributed by atoms with van der Waals surface area (Å²) in [6, 6.07) is 13.4. The van der Waals surface area contributed by atoms with E-state index < -0.39 is 0 Å². The maximum absolute atomic E-state index is 4.16. The molecular formula is C18H20N2S. The zero-order valence-corrected chi connectivity index (χ0v) is 13.2. The molecular weight excluding hydrogens is 276 g/mol. The van der Waals surface area contributed by atoms with Gasteiger partial charge >= 0.3 is 0 Å². The minimum atomic E-state index is 0.415. The number of rotatable bonds is 5. The molecule has 1 atom stereocenters. The van der Waals surface area contributed by atoms with Crippen LogP contribution in [0.15, 0.2) is 54.2 Å². The number of fused-ring (bicyclic) bond motifs is 1. The zero-order valence-electron chi connectivity index (χ0n) is 12.4. The Morgan fingerprint density at radius 1 is 1.14 bits per heavy atom. The summed E-state index contributed by atoms with van der Waals surface area (Å²) < 4.78 is 0. The second kappa shape index (κ2) is 6.37. The molecule has 2 heterocycles. The van der Waals surface area contributed by atoms with Crippen molar-refractivity contribution in [2.45, 2.75) is 26.4 Å². The van der Waals surface area contributed by atoms with E-state index in [9.17, 15) is 0 Å². The molecule has 0 bridgehead atoms. The van der Waals surface area contributed by atoms with E-state index in [-0.39, 0.29) is 0 Å². The number of thiophene rings is 1. The quantitative estimate of drug-likeness (QED) is 0.732. The first-order valence-electron chi connectivity index (χ1n) is 7.33. The largest absolute Gasteiger partial charge is 0.305 e. The SMILES string of the molecule is CC(C)C(NCc1ccc2cnccc2c1)c1cccs1. The van der Waals surface area contributed by atoms with Crippen molar-refractivity contribution in [1.82, 2.24) is 10.3 Å². The molecule has 0 amide bonds. The van der Waals surface area contributed by atoms with Crippen LogP contribution in [0.3, 0.4) is 0 Å². The Bertz CT molecular complexity index is 704. The van der Waals surface area contributed by atoms with E-state index in [2.05, 4.69) is 65.9 Å². The normalized spacial score (nSPS) is 12.9. The minimum Gasteiger partial charge on any atom is -0.305 e. The lowest BCUT2D eigenvalue weighted by Gasteiger charge is -2.21. The summed E-state index contributed by atoms with van der Waals surface area (Å²) >= 11 is 1.83. The molecule has 2 nitrogen and oxygen atoms in total. The Hall–Kier alpha value is -1.71. The van der Waals surface area contributed by atoms with Gasteiger partial charge in [-0.05, 0) is 40.4 Å². The smallest absolute Gasteiger partial charge is 0.0440 e. The van der Waals surface area contributed by atoms with E-state index in [1.807, 2.05) is 23.7 Å². The van der Waals surface area contributed by atoms with Crippen LogP contribution in [0.25, 0.3) is 10.8 Å². The number of nitrogens with zero attached hydrogens (tertiary/aromatic N) is 1. The highest BCUT2D eigenvalue weighted by Gasteiger charge is 2.15. The van der Waals surface area contributed by atoms with E-state index in [1.54, 1.807) is 0 Å². The van der Waals surface area contributed by atoms with Crippen LogP contribution in [0, 0.1) is 5.92 Å². The molecule has 0 aliphatic heterocycles. The van der Waals surface area contributed by atoms with Gasteiger partial charge in [-0.1, -0.05) is 32.0 Å². The van der Waals surface area contributed by atoms with Gasteiger partial charge in [0.05, 0.1) is 0 Å². The zero-order chi connectivity index (χ0) is 14.7. The van der Waals surface area contributed by atoms with Crippen LogP contribution in [0.4, 0.5) is 0 Å². The van der Waals surface area contributed by atoms with Crippen molar-refractivity contribution in [3.8, 4) is 0 Å². The van der Waals surface area contributed by atoms with Crippen LogP contribution in [0.5, 0.6) is 0 Å². The highest BCUT2D eigenvalue weighted by Crippen LogP contribution is 2.26. The highest BCUT2D eigenvalue weighted by molar-refractivity contribution is 7.10. The molecule has 0 saturated carbocycles. The number of nitrogens with one attached hydrogen (secondary N) is 1. The highest BCUT2D eigenvalue weighted by atomic mass is 32.1. The molecule has 0 saturated heterocycles. The standard InChI is InChI=1S/C18H20N2S/c1-13(2)18(17-4-3-9-21-17)20-11-14-5-6-16-12-19-8-7-15(16)10-14/h3-10,12-13,18,20H,11H2,1-2H3. The Morgan fingerprint density at radius 2 is 2.05 bits per heavy atom. The fourth-order valence-corrected chi connectivity index (χ4v) is 3.58. The molecule has 0 spiro atoms. The fourth-order valence-electron chi connectivity index (χ4n) is 2.60. The average Bonchev–Trinajstić information content (AvgIpc) is 3.01. The molecule has 3 aromatic rings. The van der Waals surface area contributed by atoms with Gasteiger partial charge in [0, 0.05) is 35.2 Å². The first-order valence-corrected chi connectivity index (χ1v) is 8.21. The third kappa shape index (κ3) is 3.31. The van der Waals surface area contributed by atoms with Crippen LogP contribution >= 0.6 is 11.3 Å². The molecule has 0 fully saturated rings. The molecule has 1 aromatic carbocycles. The molecule has 21 heavy (non-hydrogen) atoms. The maximum atomic E-state index is 4.16. The van der Waals surface area contributed by atoms with Crippen molar-refractivity contribution in [2.75, 3.05) is 0 Å². The van der Waals surface area contributed by atoms with Crippen LogP contribution < -0.4 is 5.32 Å².